The summed E-state index contributed by atoms with van der Waals surface area (Å²) in [6, 6.07) is 4.33. The second kappa shape index (κ2) is 3.38. The lowest BCUT2D eigenvalue weighted by Gasteiger charge is -2.10. The second-order valence-electron chi connectivity index (χ2n) is 3.11. The molecule has 5 heteroatoms. The highest BCUT2D eigenvalue weighted by Crippen LogP contribution is 2.28. The fourth-order valence-corrected chi connectivity index (χ4v) is 1.63. The number of phenolic OH excluding ortho intramolecular Hbond substituents is 1. The minimum absolute atomic E-state index is 0.142. The van der Waals surface area contributed by atoms with E-state index in [4.69, 9.17) is 11.6 Å². The molecule has 1 aliphatic rings. The van der Waals surface area contributed by atoms with E-state index in [2.05, 4.69) is 10.6 Å². The van der Waals surface area contributed by atoms with E-state index in [0.717, 1.165) is 0 Å². The predicted molar refractivity (Wildman–Crippen MR) is 52.4 cm³/mol. The Labute approximate surface area is 85.9 Å². The first-order valence-electron chi connectivity index (χ1n) is 4.19. The Morgan fingerprint density at radius 3 is 2.93 bits per heavy atom. The summed E-state index contributed by atoms with van der Waals surface area (Å²) >= 11 is 5.79. The normalized spacial score (nSPS) is 20.4. The molecule has 2 rings (SSSR count). The number of halogens is 1. The molecule has 0 radical (unpaired) electrons. The zero-order chi connectivity index (χ0) is 10.1. The van der Waals surface area contributed by atoms with Crippen molar-refractivity contribution in [1.82, 2.24) is 10.6 Å². The van der Waals surface area contributed by atoms with Crippen LogP contribution in [0, 0.1) is 0 Å². The van der Waals surface area contributed by atoms with Gasteiger partial charge in [-0.25, -0.2) is 4.79 Å². The molecule has 0 spiro atoms. The van der Waals surface area contributed by atoms with Gasteiger partial charge in [0.05, 0.1) is 6.04 Å². The number of carbonyl (C=O) groups excluding carboxylic acids is 1. The lowest BCUT2D eigenvalue weighted by molar-refractivity contribution is 0.247. The maximum absolute atomic E-state index is 10.9. The van der Waals surface area contributed by atoms with Gasteiger partial charge >= 0.3 is 6.03 Å². The van der Waals surface area contributed by atoms with Gasteiger partial charge in [0.15, 0.2) is 0 Å². The highest BCUT2D eigenvalue weighted by molar-refractivity contribution is 6.30. The maximum atomic E-state index is 10.9. The van der Waals surface area contributed by atoms with Gasteiger partial charge in [-0.1, -0.05) is 11.6 Å². The molecule has 14 heavy (non-hydrogen) atoms. The lowest BCUT2D eigenvalue weighted by Crippen LogP contribution is -2.21. The van der Waals surface area contributed by atoms with E-state index in [9.17, 15) is 9.90 Å². The summed E-state index contributed by atoms with van der Waals surface area (Å²) in [5.41, 5.74) is 0.635. The standard InChI is InChI=1S/C9H9ClN2O2/c10-5-1-2-8(13)6(3-5)7-4-11-9(14)12-7/h1-3,7,13H,4H2,(H2,11,12,14). The van der Waals surface area contributed by atoms with Gasteiger partial charge in [0.25, 0.3) is 0 Å². The highest BCUT2D eigenvalue weighted by Gasteiger charge is 2.23. The predicted octanol–water partition coefficient (Wildman–Crippen LogP) is 1.40. The molecule has 0 saturated carbocycles. The van der Waals surface area contributed by atoms with Crippen LogP contribution in [0.25, 0.3) is 0 Å². The van der Waals surface area contributed by atoms with Crippen molar-refractivity contribution in [2.45, 2.75) is 6.04 Å². The van der Waals surface area contributed by atoms with Crippen molar-refractivity contribution in [2.24, 2.45) is 0 Å². The van der Waals surface area contributed by atoms with Gasteiger partial charge in [0, 0.05) is 17.1 Å². The van der Waals surface area contributed by atoms with Gasteiger partial charge < -0.3 is 15.7 Å². The SMILES string of the molecule is O=C1NCC(c2cc(Cl)ccc2O)N1. The summed E-state index contributed by atoms with van der Waals surface area (Å²) in [7, 11) is 0. The zero-order valence-electron chi connectivity index (χ0n) is 7.25. The van der Waals surface area contributed by atoms with Crippen molar-refractivity contribution in [3.8, 4) is 5.75 Å². The van der Waals surface area contributed by atoms with Crippen molar-refractivity contribution >= 4 is 17.6 Å². The molecule has 1 heterocycles. The second-order valence-corrected chi connectivity index (χ2v) is 3.55. The number of hydrogen-bond acceptors (Lipinski definition) is 2. The van der Waals surface area contributed by atoms with E-state index in [1.165, 1.54) is 6.07 Å². The quantitative estimate of drug-likeness (QED) is 0.659. The summed E-state index contributed by atoms with van der Waals surface area (Å²) < 4.78 is 0. The molecule has 1 atom stereocenters. The van der Waals surface area contributed by atoms with Crippen LogP contribution in [0.1, 0.15) is 11.6 Å². The topological polar surface area (TPSA) is 61.4 Å². The van der Waals surface area contributed by atoms with Crippen LogP contribution >= 0.6 is 11.6 Å². The summed E-state index contributed by atoms with van der Waals surface area (Å²) in [6.07, 6.45) is 0. The van der Waals surface area contributed by atoms with Gasteiger partial charge in [0.2, 0.25) is 0 Å². The molecule has 1 aromatic rings. The van der Waals surface area contributed by atoms with E-state index in [-0.39, 0.29) is 17.8 Å². The Morgan fingerprint density at radius 1 is 1.50 bits per heavy atom. The molecule has 74 valence electrons. The van der Waals surface area contributed by atoms with E-state index in [1.54, 1.807) is 12.1 Å². The summed E-state index contributed by atoms with van der Waals surface area (Å²) in [4.78, 5) is 10.9. The molecule has 1 saturated heterocycles. The molecule has 1 aliphatic heterocycles. The fourth-order valence-electron chi connectivity index (χ4n) is 1.45. The Hall–Kier alpha value is -1.42. The number of amides is 2. The molecule has 0 aliphatic carbocycles. The van der Waals surface area contributed by atoms with E-state index in [1.807, 2.05) is 0 Å². The van der Waals surface area contributed by atoms with Gasteiger partial charge in [-0.2, -0.15) is 0 Å². The van der Waals surface area contributed by atoms with E-state index in [0.29, 0.717) is 17.1 Å². The number of benzene rings is 1. The van der Waals surface area contributed by atoms with Crippen molar-refractivity contribution in [3.05, 3.63) is 28.8 Å². The third kappa shape index (κ3) is 1.61. The molecule has 3 N–H and O–H groups in total. The van der Waals surface area contributed by atoms with E-state index >= 15 is 0 Å². The van der Waals surface area contributed by atoms with Crippen LogP contribution in [0.5, 0.6) is 5.75 Å². The van der Waals surface area contributed by atoms with Crippen LogP contribution in [0.15, 0.2) is 18.2 Å². The Kier molecular flexibility index (Phi) is 2.21. The molecule has 4 nitrogen and oxygen atoms in total. The number of aromatic hydroxyl groups is 1. The monoisotopic (exact) mass is 212 g/mol. The number of rotatable bonds is 1. The third-order valence-electron chi connectivity index (χ3n) is 2.14. The fraction of sp³-hybridized carbons (Fsp3) is 0.222. The first-order chi connectivity index (χ1) is 6.66. The van der Waals surface area contributed by atoms with Crippen LogP contribution in [-0.2, 0) is 0 Å². The van der Waals surface area contributed by atoms with Crippen molar-refractivity contribution in [3.63, 3.8) is 0 Å². The molecule has 2 amide bonds. The minimum Gasteiger partial charge on any atom is -0.508 e. The number of urea groups is 1. The third-order valence-corrected chi connectivity index (χ3v) is 2.37. The van der Waals surface area contributed by atoms with E-state index < -0.39 is 0 Å². The Balaban J connectivity index is 2.31. The van der Waals surface area contributed by atoms with Crippen LogP contribution in [0.3, 0.4) is 0 Å². The molecule has 1 aromatic carbocycles. The van der Waals surface area contributed by atoms with Gasteiger partial charge in [-0.05, 0) is 18.2 Å². The Morgan fingerprint density at radius 2 is 2.29 bits per heavy atom. The first kappa shape index (κ1) is 9.15. The smallest absolute Gasteiger partial charge is 0.315 e. The summed E-state index contributed by atoms with van der Waals surface area (Å²) in [5, 5.41) is 15.4. The minimum atomic E-state index is -0.227. The molecule has 0 bridgehead atoms. The van der Waals surface area contributed by atoms with Gasteiger partial charge in [-0.3, -0.25) is 0 Å². The Bertz CT molecular complexity index is 381. The highest BCUT2D eigenvalue weighted by atomic mass is 35.5. The van der Waals surface area contributed by atoms with Crippen LogP contribution < -0.4 is 10.6 Å². The maximum Gasteiger partial charge on any atom is 0.315 e. The average molecular weight is 213 g/mol. The number of nitrogens with one attached hydrogen (secondary N) is 2. The zero-order valence-corrected chi connectivity index (χ0v) is 8.01. The summed E-state index contributed by atoms with van der Waals surface area (Å²) in [5.74, 6) is 0.142. The van der Waals surface area contributed by atoms with Gasteiger partial charge in [0.1, 0.15) is 5.75 Å². The molecular formula is C9H9ClN2O2. The van der Waals surface area contributed by atoms with Crippen LogP contribution in [-0.4, -0.2) is 17.7 Å². The molecule has 1 fully saturated rings. The first-order valence-corrected chi connectivity index (χ1v) is 4.57. The molecule has 1 unspecified atom stereocenters. The number of phenols is 1. The van der Waals surface area contributed by atoms with Gasteiger partial charge in [-0.15, -0.1) is 0 Å². The van der Waals surface area contributed by atoms with Crippen molar-refractivity contribution in [2.75, 3.05) is 6.54 Å². The molecular weight excluding hydrogens is 204 g/mol. The largest absolute Gasteiger partial charge is 0.508 e. The van der Waals surface area contributed by atoms with Crippen LogP contribution in [0.2, 0.25) is 5.02 Å². The number of hydrogen-bond donors (Lipinski definition) is 3. The van der Waals surface area contributed by atoms with Crippen LogP contribution in [0.4, 0.5) is 4.79 Å². The average Bonchev–Trinajstić information content (AvgIpc) is 2.56. The van der Waals surface area contributed by atoms with Crippen molar-refractivity contribution < 1.29 is 9.90 Å². The summed E-state index contributed by atoms with van der Waals surface area (Å²) in [6.45, 7) is 0.465. The molecule has 0 aromatic heterocycles. The number of carbonyl (C=O) groups is 1. The van der Waals surface area contributed by atoms with Crippen molar-refractivity contribution in [1.29, 1.82) is 0 Å². The lowest BCUT2D eigenvalue weighted by atomic mass is 10.1.